The number of nitrogens with zero attached hydrogens (tertiary/aromatic N) is 1. The molecule has 0 aliphatic carbocycles. The molecule has 0 fully saturated rings. The van der Waals surface area contributed by atoms with E-state index in [0.29, 0.717) is 6.73 Å². The Morgan fingerprint density at radius 3 is 2.93 bits per heavy atom. The highest BCUT2D eigenvalue weighted by molar-refractivity contribution is 14.1. The Hall–Kier alpha value is -0.140. The Morgan fingerprint density at radius 2 is 2.27 bits per heavy atom. The second-order valence-electron chi connectivity index (χ2n) is 3.15. The van der Waals surface area contributed by atoms with Gasteiger partial charge in [-0.1, -0.05) is 0 Å². The molecule has 0 saturated carbocycles. The lowest BCUT2D eigenvalue weighted by molar-refractivity contribution is 0.134. The summed E-state index contributed by atoms with van der Waals surface area (Å²) in [7, 11) is 1.64. The van der Waals surface area contributed by atoms with Crippen molar-refractivity contribution < 1.29 is 9.13 Å². The second-order valence-corrected chi connectivity index (χ2v) is 5.16. The summed E-state index contributed by atoms with van der Waals surface area (Å²) < 4.78 is 22.0. The number of halogens is 3. The zero-order chi connectivity index (χ0) is 11.0. The van der Waals surface area contributed by atoms with Crippen molar-refractivity contribution in [3.8, 4) is 0 Å². The average Bonchev–Trinajstić information content (AvgIpc) is 2.44. The lowest BCUT2D eigenvalue weighted by Crippen LogP contribution is -1.97. The van der Waals surface area contributed by atoms with Gasteiger partial charge in [-0.05, 0) is 50.7 Å². The smallest absolute Gasteiger partial charge is 0.125 e. The highest BCUT2D eigenvalue weighted by atomic mass is 127. The van der Waals surface area contributed by atoms with E-state index in [1.165, 1.54) is 12.1 Å². The second kappa shape index (κ2) is 4.39. The van der Waals surface area contributed by atoms with E-state index in [4.69, 9.17) is 4.74 Å². The predicted octanol–water partition coefficient (Wildman–Crippen LogP) is 3.75. The Morgan fingerprint density at radius 1 is 1.53 bits per heavy atom. The van der Waals surface area contributed by atoms with Crippen molar-refractivity contribution in [2.75, 3.05) is 7.11 Å². The third-order valence-corrected chi connectivity index (χ3v) is 3.57. The van der Waals surface area contributed by atoms with Gasteiger partial charge >= 0.3 is 0 Å². The van der Waals surface area contributed by atoms with Gasteiger partial charge in [0.2, 0.25) is 0 Å². The molecule has 0 amide bonds. The summed E-state index contributed by atoms with van der Waals surface area (Å²) in [4.78, 5) is 0. The summed E-state index contributed by atoms with van der Waals surface area (Å²) in [6, 6.07) is 3.00. The lowest BCUT2D eigenvalue weighted by Gasteiger charge is -2.04. The fourth-order valence-electron chi connectivity index (χ4n) is 1.55. The van der Waals surface area contributed by atoms with Crippen LogP contribution in [0.4, 0.5) is 4.39 Å². The van der Waals surface area contributed by atoms with Crippen LogP contribution in [-0.2, 0) is 11.5 Å². The molecule has 1 aromatic heterocycles. The highest BCUT2D eigenvalue weighted by Gasteiger charge is 2.11. The number of ether oxygens (including phenoxy) is 1. The Balaban J connectivity index is 2.75. The topological polar surface area (TPSA) is 14.2 Å². The van der Waals surface area contributed by atoms with Crippen molar-refractivity contribution in [1.82, 2.24) is 4.57 Å². The van der Waals surface area contributed by atoms with E-state index in [0.717, 1.165) is 18.9 Å². The summed E-state index contributed by atoms with van der Waals surface area (Å²) >= 11 is 5.55. The molecule has 0 spiro atoms. The number of rotatable bonds is 2. The summed E-state index contributed by atoms with van der Waals surface area (Å²) in [5.41, 5.74) is 0.961. The van der Waals surface area contributed by atoms with Gasteiger partial charge in [0, 0.05) is 26.7 Å². The molecule has 0 saturated heterocycles. The summed E-state index contributed by atoms with van der Waals surface area (Å²) in [5, 5.41) is 0.902. The first-order valence-corrected chi connectivity index (χ1v) is 6.13. The lowest BCUT2D eigenvalue weighted by atomic mass is 10.2. The molecule has 2 aromatic rings. The molecule has 2 rings (SSSR count). The molecule has 1 aromatic carbocycles. The van der Waals surface area contributed by atoms with Crippen molar-refractivity contribution in [1.29, 1.82) is 0 Å². The van der Waals surface area contributed by atoms with Crippen LogP contribution in [0.2, 0.25) is 0 Å². The molecule has 80 valence electrons. The largest absolute Gasteiger partial charge is 0.364 e. The van der Waals surface area contributed by atoms with Gasteiger partial charge in [-0.3, -0.25) is 0 Å². The first-order valence-electron chi connectivity index (χ1n) is 4.26. The van der Waals surface area contributed by atoms with Gasteiger partial charge in [-0.25, -0.2) is 4.39 Å². The summed E-state index contributed by atoms with van der Waals surface area (Å²) in [5.74, 6) is -0.234. The maximum Gasteiger partial charge on any atom is 0.125 e. The average molecular weight is 384 g/mol. The number of benzene rings is 1. The molecule has 1 heterocycles. The number of fused-ring (bicyclic) bond motifs is 1. The van der Waals surface area contributed by atoms with Crippen LogP contribution >= 0.6 is 38.5 Å². The number of methoxy groups -OCH3 is 1. The van der Waals surface area contributed by atoms with Gasteiger partial charge < -0.3 is 9.30 Å². The molecule has 0 N–H and O–H groups in total. The van der Waals surface area contributed by atoms with Gasteiger partial charge in [0.25, 0.3) is 0 Å². The van der Waals surface area contributed by atoms with Crippen molar-refractivity contribution in [3.63, 3.8) is 0 Å². The maximum atomic E-state index is 13.2. The Kier molecular flexibility index (Phi) is 3.32. The minimum absolute atomic E-state index is 0.234. The van der Waals surface area contributed by atoms with Gasteiger partial charge in [-0.15, -0.1) is 0 Å². The molecular weight excluding hydrogens is 376 g/mol. The quantitative estimate of drug-likeness (QED) is 0.720. The van der Waals surface area contributed by atoms with Crippen LogP contribution in [0.1, 0.15) is 0 Å². The minimum atomic E-state index is -0.234. The van der Waals surface area contributed by atoms with E-state index >= 15 is 0 Å². The van der Waals surface area contributed by atoms with Crippen molar-refractivity contribution in [2.45, 2.75) is 6.73 Å². The molecule has 0 bridgehead atoms. The third kappa shape index (κ3) is 2.05. The predicted molar refractivity (Wildman–Crippen MR) is 69.3 cm³/mol. The molecule has 0 radical (unpaired) electrons. The van der Waals surface area contributed by atoms with Crippen molar-refractivity contribution >= 4 is 49.4 Å². The zero-order valence-electron chi connectivity index (χ0n) is 7.93. The molecule has 2 nitrogen and oxygen atoms in total. The number of hydrogen-bond donors (Lipinski definition) is 0. The number of hydrogen-bond acceptors (Lipinski definition) is 1. The normalized spacial score (nSPS) is 11.2. The van der Waals surface area contributed by atoms with Crippen LogP contribution < -0.4 is 0 Å². The van der Waals surface area contributed by atoms with Crippen LogP contribution in [0.15, 0.2) is 22.8 Å². The molecule has 15 heavy (non-hydrogen) atoms. The monoisotopic (exact) mass is 383 g/mol. The van der Waals surface area contributed by atoms with Gasteiger partial charge in [-0.2, -0.15) is 0 Å². The minimum Gasteiger partial charge on any atom is -0.364 e. The van der Waals surface area contributed by atoms with E-state index in [9.17, 15) is 4.39 Å². The maximum absolute atomic E-state index is 13.2. The van der Waals surface area contributed by atoms with Crippen molar-refractivity contribution in [3.05, 3.63) is 32.2 Å². The summed E-state index contributed by atoms with van der Waals surface area (Å²) in [6.07, 6.45) is 1.94. The van der Waals surface area contributed by atoms with E-state index < -0.39 is 0 Å². The van der Waals surface area contributed by atoms with Crippen LogP contribution in [0.5, 0.6) is 0 Å². The Bertz CT molecular complexity index is 512. The number of aromatic nitrogens is 1. The molecule has 0 atom stereocenters. The van der Waals surface area contributed by atoms with Gasteiger partial charge in [0.15, 0.2) is 0 Å². The van der Waals surface area contributed by atoms with E-state index in [1.807, 2.05) is 10.8 Å². The molecule has 0 unspecified atom stereocenters. The van der Waals surface area contributed by atoms with E-state index in [2.05, 4.69) is 38.5 Å². The zero-order valence-corrected chi connectivity index (χ0v) is 11.7. The van der Waals surface area contributed by atoms with Gasteiger partial charge in [0.1, 0.15) is 12.5 Å². The highest BCUT2D eigenvalue weighted by Crippen LogP contribution is 2.30. The SMILES string of the molecule is COCn1cc(I)c2cc(F)cc(Br)c21. The molecule has 0 aliphatic heterocycles. The van der Waals surface area contributed by atoms with Gasteiger partial charge in [0.05, 0.1) is 5.52 Å². The van der Waals surface area contributed by atoms with Crippen molar-refractivity contribution in [2.24, 2.45) is 0 Å². The summed E-state index contributed by atoms with van der Waals surface area (Å²) in [6.45, 7) is 0.462. The van der Waals surface area contributed by atoms with Crippen LogP contribution in [0.25, 0.3) is 10.9 Å². The fraction of sp³-hybridized carbons (Fsp3) is 0.200. The fourth-order valence-corrected chi connectivity index (χ4v) is 2.96. The molecular formula is C10H8BrFINO. The van der Waals surface area contributed by atoms with Crippen LogP contribution in [0, 0.1) is 9.39 Å². The molecule has 0 aliphatic rings. The Labute approximate surface area is 109 Å². The van der Waals surface area contributed by atoms with E-state index in [1.54, 1.807) is 7.11 Å². The molecule has 5 heteroatoms. The first kappa shape index (κ1) is 11.3. The third-order valence-electron chi connectivity index (χ3n) is 2.11. The standard InChI is InChI=1S/C10H8BrFINO/c1-15-5-14-4-9(13)7-2-6(12)3-8(11)10(7)14/h2-4H,5H2,1H3. The first-order chi connectivity index (χ1) is 7.13. The van der Waals surface area contributed by atoms with Crippen LogP contribution in [0.3, 0.4) is 0 Å². The van der Waals surface area contributed by atoms with E-state index in [-0.39, 0.29) is 5.82 Å². The van der Waals surface area contributed by atoms with Crippen LogP contribution in [-0.4, -0.2) is 11.7 Å².